The number of aromatic nitrogens is 2. The summed E-state index contributed by atoms with van der Waals surface area (Å²) in [5.74, 6) is 1.12. The molecule has 1 aromatic heterocycles. The number of rotatable bonds is 3. The van der Waals surface area contributed by atoms with E-state index in [0.717, 1.165) is 40.7 Å². The smallest absolute Gasteiger partial charge is 0.254 e. The van der Waals surface area contributed by atoms with Crippen molar-refractivity contribution in [1.29, 1.82) is 0 Å². The summed E-state index contributed by atoms with van der Waals surface area (Å²) in [5, 5.41) is 4.16. The van der Waals surface area contributed by atoms with E-state index in [4.69, 9.17) is 4.52 Å². The van der Waals surface area contributed by atoms with Crippen molar-refractivity contribution >= 4 is 5.91 Å². The largest absolute Gasteiger partial charge is 0.337 e. The van der Waals surface area contributed by atoms with E-state index < -0.39 is 0 Å². The Balaban J connectivity index is 1.62. The second-order valence-corrected chi connectivity index (χ2v) is 7.30. The van der Waals surface area contributed by atoms with Crippen LogP contribution in [0, 0.1) is 20.8 Å². The second-order valence-electron chi connectivity index (χ2n) is 7.30. The number of nitrogens with zero attached hydrogens (tertiary/aromatic N) is 3. The first kappa shape index (κ1) is 17.5. The molecular weight excluding hydrogens is 338 g/mol. The Hall–Kier alpha value is -2.95. The number of amides is 1. The molecule has 5 nitrogen and oxygen atoms in total. The topological polar surface area (TPSA) is 59.2 Å². The van der Waals surface area contributed by atoms with Crippen molar-refractivity contribution in [3.8, 4) is 11.4 Å². The molecule has 27 heavy (non-hydrogen) atoms. The molecule has 1 fully saturated rings. The van der Waals surface area contributed by atoms with Crippen molar-refractivity contribution < 1.29 is 9.32 Å². The molecule has 0 bridgehead atoms. The van der Waals surface area contributed by atoms with Crippen molar-refractivity contribution in [1.82, 2.24) is 15.0 Å². The van der Waals surface area contributed by atoms with E-state index in [1.54, 1.807) is 0 Å². The maximum Gasteiger partial charge on any atom is 0.254 e. The molecule has 0 unspecified atom stereocenters. The summed E-state index contributed by atoms with van der Waals surface area (Å²) in [4.78, 5) is 19.6. The molecule has 4 rings (SSSR count). The Morgan fingerprint density at radius 1 is 1.11 bits per heavy atom. The van der Waals surface area contributed by atoms with E-state index >= 15 is 0 Å². The molecule has 1 aliphatic rings. The molecule has 138 valence electrons. The summed E-state index contributed by atoms with van der Waals surface area (Å²) in [6.07, 6.45) is 1.77. The van der Waals surface area contributed by atoms with Crippen molar-refractivity contribution in [3.63, 3.8) is 0 Å². The quantitative estimate of drug-likeness (QED) is 0.682. The van der Waals surface area contributed by atoms with Gasteiger partial charge in [0, 0.05) is 17.7 Å². The predicted octanol–water partition coefficient (Wildman–Crippen LogP) is 4.64. The number of hydrogen-bond acceptors (Lipinski definition) is 4. The van der Waals surface area contributed by atoms with Crippen LogP contribution in [0.4, 0.5) is 0 Å². The molecule has 1 atom stereocenters. The molecule has 0 N–H and O–H groups in total. The minimum atomic E-state index is -0.163. The number of carbonyl (C=O) groups excluding carboxylic acids is 1. The number of carbonyl (C=O) groups is 1. The first-order valence-corrected chi connectivity index (χ1v) is 9.32. The zero-order chi connectivity index (χ0) is 19.0. The van der Waals surface area contributed by atoms with E-state index in [2.05, 4.69) is 16.2 Å². The molecule has 0 aliphatic carbocycles. The lowest BCUT2D eigenvalue weighted by Gasteiger charge is -2.22. The minimum absolute atomic E-state index is 0.0277. The van der Waals surface area contributed by atoms with Gasteiger partial charge in [-0.05, 0) is 51.3 Å². The maximum atomic E-state index is 13.1. The van der Waals surface area contributed by atoms with Crippen LogP contribution < -0.4 is 0 Å². The maximum absolute atomic E-state index is 13.1. The highest BCUT2D eigenvalue weighted by Crippen LogP contribution is 2.33. The zero-order valence-electron chi connectivity index (χ0n) is 15.9. The van der Waals surface area contributed by atoms with Gasteiger partial charge in [0.2, 0.25) is 11.7 Å². The Labute approximate surface area is 159 Å². The fraction of sp³-hybridized carbons (Fsp3) is 0.318. The lowest BCUT2D eigenvalue weighted by Crippen LogP contribution is -2.30. The van der Waals surface area contributed by atoms with E-state index in [1.165, 1.54) is 0 Å². The highest BCUT2D eigenvalue weighted by molar-refractivity contribution is 5.95. The molecule has 3 aromatic rings. The van der Waals surface area contributed by atoms with Gasteiger partial charge >= 0.3 is 0 Å². The van der Waals surface area contributed by atoms with Gasteiger partial charge in [-0.2, -0.15) is 4.98 Å². The van der Waals surface area contributed by atoms with Gasteiger partial charge in [0.1, 0.15) is 6.04 Å². The molecule has 1 amide bonds. The lowest BCUT2D eigenvalue weighted by atomic mass is 10.1. The van der Waals surface area contributed by atoms with E-state index in [-0.39, 0.29) is 11.9 Å². The zero-order valence-corrected chi connectivity index (χ0v) is 15.9. The van der Waals surface area contributed by atoms with Crippen LogP contribution in [0.5, 0.6) is 0 Å². The highest BCUT2D eigenvalue weighted by Gasteiger charge is 2.34. The van der Waals surface area contributed by atoms with Crippen LogP contribution in [0.1, 0.15) is 51.8 Å². The summed E-state index contributed by atoms with van der Waals surface area (Å²) in [6.45, 7) is 6.75. The number of benzene rings is 2. The number of hydrogen-bond donors (Lipinski definition) is 0. The predicted molar refractivity (Wildman–Crippen MR) is 103 cm³/mol. The molecule has 5 heteroatoms. The van der Waals surface area contributed by atoms with Gasteiger partial charge < -0.3 is 9.42 Å². The monoisotopic (exact) mass is 361 g/mol. The van der Waals surface area contributed by atoms with E-state index in [0.29, 0.717) is 18.3 Å². The van der Waals surface area contributed by atoms with Crippen LogP contribution in [-0.2, 0) is 0 Å². The Morgan fingerprint density at radius 3 is 2.59 bits per heavy atom. The summed E-state index contributed by atoms with van der Waals surface area (Å²) >= 11 is 0. The van der Waals surface area contributed by atoms with Gasteiger partial charge in [0.05, 0.1) is 0 Å². The summed E-state index contributed by atoms with van der Waals surface area (Å²) < 4.78 is 5.57. The average Bonchev–Trinajstić information content (AvgIpc) is 3.30. The number of likely N-dealkylation sites (tertiary alicyclic amines) is 1. The first-order chi connectivity index (χ1) is 13.0. The van der Waals surface area contributed by atoms with Gasteiger partial charge in [0.15, 0.2) is 0 Å². The van der Waals surface area contributed by atoms with Crippen molar-refractivity contribution in [3.05, 3.63) is 70.6 Å². The van der Waals surface area contributed by atoms with Crippen LogP contribution in [-0.4, -0.2) is 27.5 Å². The summed E-state index contributed by atoms with van der Waals surface area (Å²) in [5.41, 5.74) is 4.96. The molecule has 0 saturated carbocycles. The minimum Gasteiger partial charge on any atom is -0.337 e. The third-order valence-electron chi connectivity index (χ3n) is 5.10. The van der Waals surface area contributed by atoms with E-state index in [1.807, 2.05) is 62.1 Å². The number of aryl methyl sites for hydroxylation is 3. The van der Waals surface area contributed by atoms with Crippen LogP contribution in [0.15, 0.2) is 47.0 Å². The molecule has 0 spiro atoms. The molecule has 1 saturated heterocycles. The molecule has 2 heterocycles. The molecule has 2 aromatic carbocycles. The second kappa shape index (κ2) is 6.99. The Morgan fingerprint density at radius 2 is 1.85 bits per heavy atom. The van der Waals surface area contributed by atoms with Crippen molar-refractivity contribution in [2.45, 2.75) is 39.7 Å². The SMILES string of the molecule is Cc1cc(C)cc(C(=O)N2CCC[C@H]2c2nc(-c3ccccc3C)no2)c1. The molecule has 0 radical (unpaired) electrons. The Kier molecular flexibility index (Phi) is 4.52. The average molecular weight is 361 g/mol. The fourth-order valence-corrected chi connectivity index (χ4v) is 3.83. The fourth-order valence-electron chi connectivity index (χ4n) is 3.83. The summed E-state index contributed by atoms with van der Waals surface area (Å²) in [6, 6.07) is 13.8. The van der Waals surface area contributed by atoms with Crippen molar-refractivity contribution in [2.24, 2.45) is 0 Å². The van der Waals surface area contributed by atoms with Crippen LogP contribution >= 0.6 is 0 Å². The third kappa shape index (κ3) is 3.37. The molecule has 1 aliphatic heterocycles. The van der Waals surface area contributed by atoms with Gasteiger partial charge in [-0.15, -0.1) is 0 Å². The third-order valence-corrected chi connectivity index (χ3v) is 5.10. The Bertz CT molecular complexity index is 972. The molecular formula is C22H23N3O2. The standard InChI is InChI=1S/C22H23N3O2/c1-14-11-15(2)13-17(12-14)22(26)25-10-6-9-19(25)21-23-20(24-27-21)18-8-5-4-7-16(18)3/h4-5,7-8,11-13,19H,6,9-10H2,1-3H3/t19-/m0/s1. The van der Waals surface area contributed by atoms with Crippen molar-refractivity contribution in [2.75, 3.05) is 6.54 Å². The van der Waals surface area contributed by atoms with Gasteiger partial charge in [-0.3, -0.25) is 4.79 Å². The van der Waals surface area contributed by atoms with Crippen LogP contribution in [0.2, 0.25) is 0 Å². The van der Waals surface area contributed by atoms with Gasteiger partial charge in [-0.1, -0.05) is 46.6 Å². The highest BCUT2D eigenvalue weighted by atomic mass is 16.5. The van der Waals surface area contributed by atoms with E-state index in [9.17, 15) is 4.79 Å². The lowest BCUT2D eigenvalue weighted by molar-refractivity contribution is 0.0710. The van der Waals surface area contributed by atoms with Crippen LogP contribution in [0.3, 0.4) is 0 Å². The summed E-state index contributed by atoms with van der Waals surface area (Å²) in [7, 11) is 0. The first-order valence-electron chi connectivity index (χ1n) is 9.32. The van der Waals surface area contributed by atoms with Gasteiger partial charge in [0.25, 0.3) is 5.91 Å². The normalized spacial score (nSPS) is 16.7. The van der Waals surface area contributed by atoms with Gasteiger partial charge in [-0.25, -0.2) is 0 Å². The van der Waals surface area contributed by atoms with Crippen LogP contribution in [0.25, 0.3) is 11.4 Å².